The van der Waals surface area contributed by atoms with E-state index in [0.29, 0.717) is 0 Å². The monoisotopic (exact) mass is 629 g/mol. The van der Waals surface area contributed by atoms with Crippen LogP contribution in [0.15, 0.2) is 12.2 Å². The molecular formula is C46H76. The molecule has 0 saturated heterocycles. The first kappa shape index (κ1) is 32.9. The highest BCUT2D eigenvalue weighted by atomic mass is 14.5. The van der Waals surface area contributed by atoms with Crippen LogP contribution >= 0.6 is 0 Å². The topological polar surface area (TPSA) is 0 Å². The minimum absolute atomic E-state index is 1.06. The van der Waals surface area contributed by atoms with Gasteiger partial charge in [0.2, 0.25) is 0 Å². The summed E-state index contributed by atoms with van der Waals surface area (Å²) in [5, 5.41) is 0. The summed E-state index contributed by atoms with van der Waals surface area (Å²) in [5.41, 5.74) is 0. The van der Waals surface area contributed by atoms with Gasteiger partial charge in [-0.2, -0.15) is 0 Å². The first-order chi connectivity index (χ1) is 22.8. The van der Waals surface area contributed by atoms with Crippen LogP contribution < -0.4 is 0 Å². The van der Waals surface area contributed by atoms with Crippen molar-refractivity contribution >= 4 is 0 Å². The predicted molar refractivity (Wildman–Crippen MR) is 197 cm³/mol. The van der Waals surface area contributed by atoms with E-state index in [0.717, 1.165) is 82.9 Å². The van der Waals surface area contributed by atoms with E-state index in [1.165, 1.54) is 25.7 Å². The van der Waals surface area contributed by atoms with Crippen molar-refractivity contribution < 1.29 is 0 Å². The number of allylic oxidation sites excluding steroid dienone is 2. The molecule has 14 unspecified atom stereocenters. The Hall–Kier alpha value is -0.260. The molecule has 8 aliphatic carbocycles. The fourth-order valence-electron chi connectivity index (χ4n) is 15.7. The van der Waals surface area contributed by atoms with Crippen LogP contribution in [0.5, 0.6) is 0 Å². The van der Waals surface area contributed by atoms with E-state index in [4.69, 9.17) is 0 Å². The van der Waals surface area contributed by atoms with E-state index in [1.54, 1.807) is 167 Å². The van der Waals surface area contributed by atoms with Gasteiger partial charge in [-0.3, -0.25) is 0 Å². The first-order valence-corrected chi connectivity index (χ1v) is 22.5. The molecule has 0 aromatic rings. The van der Waals surface area contributed by atoms with Crippen molar-refractivity contribution in [2.75, 3.05) is 0 Å². The maximum Gasteiger partial charge on any atom is -0.0348 e. The van der Waals surface area contributed by atoms with Crippen molar-refractivity contribution in [2.45, 2.75) is 193 Å². The molecule has 0 nitrogen and oxygen atoms in total. The number of hydrogen-bond acceptors (Lipinski definition) is 0. The second kappa shape index (κ2) is 15.7. The summed E-state index contributed by atoms with van der Waals surface area (Å²) in [6.45, 7) is 0. The second-order valence-corrected chi connectivity index (χ2v) is 19.6. The van der Waals surface area contributed by atoms with Gasteiger partial charge in [0.1, 0.15) is 0 Å². The summed E-state index contributed by atoms with van der Waals surface area (Å²) < 4.78 is 0. The van der Waals surface area contributed by atoms with Crippen LogP contribution in [0, 0.1) is 82.9 Å². The van der Waals surface area contributed by atoms with Gasteiger partial charge in [-0.05, 0) is 211 Å². The maximum atomic E-state index is 2.67. The minimum atomic E-state index is 1.06. The Bertz CT molecular complexity index is 885. The molecule has 0 spiro atoms. The van der Waals surface area contributed by atoms with Gasteiger partial charge in [0.25, 0.3) is 0 Å². The van der Waals surface area contributed by atoms with E-state index < -0.39 is 0 Å². The quantitative estimate of drug-likeness (QED) is 0.189. The van der Waals surface area contributed by atoms with Gasteiger partial charge in [0.15, 0.2) is 0 Å². The summed E-state index contributed by atoms with van der Waals surface area (Å²) >= 11 is 0. The van der Waals surface area contributed by atoms with E-state index >= 15 is 0 Å². The molecule has 8 rings (SSSR count). The van der Waals surface area contributed by atoms with Gasteiger partial charge < -0.3 is 0 Å². The zero-order valence-corrected chi connectivity index (χ0v) is 30.5. The third-order valence-electron chi connectivity index (χ3n) is 17.7. The Morgan fingerprint density at radius 2 is 0.609 bits per heavy atom. The lowest BCUT2D eigenvalue weighted by atomic mass is 9.73. The van der Waals surface area contributed by atoms with Crippen molar-refractivity contribution in [1.82, 2.24) is 0 Å². The minimum Gasteiger partial charge on any atom is -0.0885 e. The third-order valence-corrected chi connectivity index (χ3v) is 17.7. The van der Waals surface area contributed by atoms with Gasteiger partial charge >= 0.3 is 0 Å². The number of rotatable bonds is 12. The van der Waals surface area contributed by atoms with E-state index in [9.17, 15) is 0 Å². The number of fused-ring (bicyclic) bond motifs is 4. The molecule has 14 atom stereocenters. The van der Waals surface area contributed by atoms with Crippen LogP contribution in [0.4, 0.5) is 0 Å². The molecule has 8 aliphatic rings. The molecule has 260 valence electrons. The lowest BCUT2D eigenvalue weighted by molar-refractivity contribution is 0.177. The average Bonchev–Trinajstić information content (AvgIpc) is 3.88. The molecule has 0 amide bonds. The highest BCUT2D eigenvalue weighted by Crippen LogP contribution is 2.56. The molecule has 0 bridgehead atoms. The smallest absolute Gasteiger partial charge is 0.0348 e. The molecule has 0 aromatic carbocycles. The van der Waals surface area contributed by atoms with Crippen LogP contribution in [-0.4, -0.2) is 0 Å². The van der Waals surface area contributed by atoms with Crippen LogP contribution in [0.3, 0.4) is 0 Å². The van der Waals surface area contributed by atoms with Crippen LogP contribution in [-0.2, 0) is 0 Å². The van der Waals surface area contributed by atoms with E-state index in [-0.39, 0.29) is 0 Å². The molecule has 0 heteroatoms. The Labute approximate surface area is 286 Å². The van der Waals surface area contributed by atoms with Crippen LogP contribution in [0.1, 0.15) is 193 Å². The Balaban J connectivity index is 0.772. The van der Waals surface area contributed by atoms with E-state index in [1.807, 2.05) is 0 Å². The average molecular weight is 629 g/mol. The number of hydrogen-bond donors (Lipinski definition) is 0. The maximum absolute atomic E-state index is 2.67. The first-order valence-electron chi connectivity index (χ1n) is 22.5. The van der Waals surface area contributed by atoms with Crippen molar-refractivity contribution in [2.24, 2.45) is 82.9 Å². The SMILES string of the molecule is C(=CCCC1CC(CCC2CCC3CCCCC32)C2CCCCC12)CCC1CC(CCC2CCC3CCCCC32)C2CCCCC12. The highest BCUT2D eigenvalue weighted by Gasteiger charge is 2.46. The molecule has 0 aliphatic heterocycles. The third kappa shape index (κ3) is 7.28. The summed E-state index contributed by atoms with van der Waals surface area (Å²) in [7, 11) is 0. The molecular weight excluding hydrogens is 553 g/mol. The highest BCUT2D eigenvalue weighted by molar-refractivity contribution is 4.98. The van der Waals surface area contributed by atoms with Gasteiger partial charge in [-0.25, -0.2) is 0 Å². The Morgan fingerprint density at radius 3 is 1.02 bits per heavy atom. The van der Waals surface area contributed by atoms with Gasteiger partial charge in [0.05, 0.1) is 0 Å². The Kier molecular flexibility index (Phi) is 11.3. The summed E-state index contributed by atoms with van der Waals surface area (Å²) in [5.74, 6) is 15.5. The normalized spacial score (nSPS) is 47.1. The molecule has 0 N–H and O–H groups in total. The van der Waals surface area contributed by atoms with Crippen molar-refractivity contribution in [3.63, 3.8) is 0 Å². The van der Waals surface area contributed by atoms with Crippen LogP contribution in [0.25, 0.3) is 0 Å². The second-order valence-electron chi connectivity index (χ2n) is 19.6. The van der Waals surface area contributed by atoms with E-state index in [2.05, 4.69) is 12.2 Å². The summed E-state index contributed by atoms with van der Waals surface area (Å²) in [4.78, 5) is 0. The summed E-state index contributed by atoms with van der Waals surface area (Å²) in [6.07, 6.45) is 52.1. The lowest BCUT2D eigenvalue weighted by Crippen LogP contribution is -2.23. The molecule has 0 radical (unpaired) electrons. The van der Waals surface area contributed by atoms with Gasteiger partial charge in [-0.1, -0.05) is 76.4 Å². The molecule has 0 heterocycles. The standard InChI is InChI=1S/C46H76/c1(3-15-37-31-39(45-21-11-9-19-43(37)45)29-27-35-25-23-33-13-5-7-17-41(33)35)2-4-16-38-32-40(46-22-12-10-20-44(38)46)30-28-36-26-24-34-14-6-8-18-42(34)36/h1-2,33-46H,3-32H2. The zero-order chi connectivity index (χ0) is 30.7. The molecule has 8 fully saturated rings. The summed E-state index contributed by atoms with van der Waals surface area (Å²) in [6, 6.07) is 0. The van der Waals surface area contributed by atoms with Crippen molar-refractivity contribution in [1.29, 1.82) is 0 Å². The molecule has 8 saturated carbocycles. The largest absolute Gasteiger partial charge is 0.0885 e. The molecule has 46 heavy (non-hydrogen) atoms. The lowest BCUT2D eigenvalue weighted by Gasteiger charge is -2.33. The van der Waals surface area contributed by atoms with Crippen molar-refractivity contribution in [3.8, 4) is 0 Å². The Morgan fingerprint density at radius 1 is 0.283 bits per heavy atom. The molecule has 0 aromatic heterocycles. The van der Waals surface area contributed by atoms with Crippen LogP contribution in [0.2, 0.25) is 0 Å². The van der Waals surface area contributed by atoms with Crippen molar-refractivity contribution in [3.05, 3.63) is 12.2 Å². The fraction of sp³-hybridized carbons (Fsp3) is 0.957. The predicted octanol–water partition coefficient (Wildman–Crippen LogP) is 14.0. The van der Waals surface area contributed by atoms with Gasteiger partial charge in [0, 0.05) is 0 Å². The fourth-order valence-corrected chi connectivity index (χ4v) is 15.7. The van der Waals surface area contributed by atoms with Gasteiger partial charge in [-0.15, -0.1) is 0 Å². The zero-order valence-electron chi connectivity index (χ0n) is 30.5.